The van der Waals surface area contributed by atoms with Gasteiger partial charge in [-0.05, 0) is 39.5 Å². The van der Waals surface area contributed by atoms with E-state index in [4.69, 9.17) is 9.47 Å². The van der Waals surface area contributed by atoms with E-state index in [2.05, 4.69) is 15.9 Å². The molecule has 0 aliphatic rings. The van der Waals surface area contributed by atoms with E-state index in [9.17, 15) is 5.11 Å². The maximum atomic E-state index is 10.4. The maximum absolute atomic E-state index is 10.4. The van der Waals surface area contributed by atoms with Crippen LogP contribution in [0.15, 0.2) is 34.1 Å². The van der Waals surface area contributed by atoms with Crippen LogP contribution >= 0.6 is 27.3 Å². The highest BCUT2D eigenvalue weighted by Crippen LogP contribution is 2.40. The second-order valence-corrected chi connectivity index (χ2v) is 5.83. The lowest BCUT2D eigenvalue weighted by Crippen LogP contribution is -2.04. The number of methoxy groups -OCH3 is 2. The van der Waals surface area contributed by atoms with E-state index in [-0.39, 0.29) is 0 Å². The van der Waals surface area contributed by atoms with Gasteiger partial charge in [0.25, 0.3) is 0 Å². The second-order valence-electron chi connectivity index (χ2n) is 4.00. The highest BCUT2D eigenvalue weighted by Gasteiger charge is 2.19. The first-order valence-electron chi connectivity index (χ1n) is 5.78. The van der Waals surface area contributed by atoms with Gasteiger partial charge >= 0.3 is 0 Å². The van der Waals surface area contributed by atoms with Crippen molar-refractivity contribution < 1.29 is 14.6 Å². The number of thiophene rings is 1. The van der Waals surface area contributed by atoms with Crippen LogP contribution in [0.4, 0.5) is 0 Å². The predicted octanol–water partition coefficient (Wildman–Crippen LogP) is 3.80. The standard InChI is InChI=1S/C14H15BrO3S/c1-17-12-6-5-10(14(18-2)13(12)15)11(16)8-9-4-3-7-19-9/h3-7,11,16H,8H2,1-2H3. The molecule has 1 aromatic carbocycles. The minimum Gasteiger partial charge on any atom is -0.495 e. The zero-order valence-electron chi connectivity index (χ0n) is 10.7. The van der Waals surface area contributed by atoms with E-state index in [1.807, 2.05) is 29.6 Å². The van der Waals surface area contributed by atoms with Gasteiger partial charge < -0.3 is 14.6 Å². The predicted molar refractivity (Wildman–Crippen MR) is 80.2 cm³/mol. The smallest absolute Gasteiger partial charge is 0.142 e. The highest BCUT2D eigenvalue weighted by atomic mass is 79.9. The van der Waals surface area contributed by atoms with E-state index in [0.29, 0.717) is 17.9 Å². The fourth-order valence-electron chi connectivity index (χ4n) is 1.91. The van der Waals surface area contributed by atoms with Gasteiger partial charge in [0.05, 0.1) is 20.3 Å². The molecule has 0 saturated carbocycles. The van der Waals surface area contributed by atoms with Crippen LogP contribution in [0, 0.1) is 0 Å². The molecule has 5 heteroatoms. The summed E-state index contributed by atoms with van der Waals surface area (Å²) in [5.41, 5.74) is 0.753. The topological polar surface area (TPSA) is 38.7 Å². The molecule has 0 radical (unpaired) electrons. The molecule has 0 aliphatic heterocycles. The molecular formula is C14H15BrO3S. The molecule has 3 nitrogen and oxygen atoms in total. The van der Waals surface area contributed by atoms with E-state index >= 15 is 0 Å². The lowest BCUT2D eigenvalue weighted by molar-refractivity contribution is 0.174. The first-order chi connectivity index (χ1) is 9.17. The summed E-state index contributed by atoms with van der Waals surface area (Å²) in [7, 11) is 3.18. The third-order valence-corrected chi connectivity index (χ3v) is 4.50. The summed E-state index contributed by atoms with van der Waals surface area (Å²) in [5, 5.41) is 12.4. The Morgan fingerprint density at radius 2 is 2.05 bits per heavy atom. The number of aliphatic hydroxyl groups excluding tert-OH is 1. The Labute approximate surface area is 124 Å². The normalized spacial score (nSPS) is 12.2. The number of benzene rings is 1. The Kier molecular flexibility index (Phi) is 4.85. The largest absolute Gasteiger partial charge is 0.495 e. The summed E-state index contributed by atoms with van der Waals surface area (Å²) in [6, 6.07) is 7.65. The molecule has 0 amide bonds. The molecule has 102 valence electrons. The van der Waals surface area contributed by atoms with Gasteiger partial charge in [-0.15, -0.1) is 11.3 Å². The first kappa shape index (κ1) is 14.4. The van der Waals surface area contributed by atoms with E-state index in [0.717, 1.165) is 14.9 Å². The van der Waals surface area contributed by atoms with Gasteiger partial charge in [0, 0.05) is 16.9 Å². The highest BCUT2D eigenvalue weighted by molar-refractivity contribution is 9.10. The number of rotatable bonds is 5. The molecule has 2 aromatic rings. The van der Waals surface area contributed by atoms with Crippen molar-refractivity contribution in [2.45, 2.75) is 12.5 Å². The Bertz CT molecular complexity index is 540. The van der Waals surface area contributed by atoms with Gasteiger partial charge in [0.15, 0.2) is 0 Å². The summed E-state index contributed by atoms with van der Waals surface area (Å²) in [6.07, 6.45) is -0.0249. The minimum absolute atomic E-state index is 0.576. The lowest BCUT2D eigenvalue weighted by Gasteiger charge is -2.17. The van der Waals surface area contributed by atoms with Crippen molar-refractivity contribution in [3.05, 3.63) is 44.6 Å². The van der Waals surface area contributed by atoms with Crippen LogP contribution in [0.3, 0.4) is 0 Å². The summed E-state index contributed by atoms with van der Waals surface area (Å²) in [6.45, 7) is 0. The lowest BCUT2D eigenvalue weighted by atomic mass is 10.0. The number of hydrogen-bond donors (Lipinski definition) is 1. The Hall–Kier alpha value is -1.04. The van der Waals surface area contributed by atoms with Crippen LogP contribution in [-0.2, 0) is 6.42 Å². The molecular weight excluding hydrogens is 328 g/mol. The number of halogens is 1. The van der Waals surface area contributed by atoms with Gasteiger partial charge in [0.1, 0.15) is 16.0 Å². The summed E-state index contributed by atoms with van der Waals surface area (Å²) in [4.78, 5) is 1.14. The van der Waals surface area contributed by atoms with Crippen molar-refractivity contribution in [1.29, 1.82) is 0 Å². The van der Waals surface area contributed by atoms with E-state index in [1.54, 1.807) is 25.6 Å². The van der Waals surface area contributed by atoms with Crippen LogP contribution in [0.25, 0.3) is 0 Å². The van der Waals surface area contributed by atoms with Gasteiger partial charge in [-0.2, -0.15) is 0 Å². The maximum Gasteiger partial charge on any atom is 0.142 e. The van der Waals surface area contributed by atoms with Crippen molar-refractivity contribution in [1.82, 2.24) is 0 Å². The van der Waals surface area contributed by atoms with E-state index < -0.39 is 6.10 Å². The van der Waals surface area contributed by atoms with Crippen LogP contribution < -0.4 is 9.47 Å². The molecule has 1 aromatic heterocycles. The van der Waals surface area contributed by atoms with E-state index in [1.165, 1.54) is 0 Å². The van der Waals surface area contributed by atoms with Crippen molar-refractivity contribution in [2.75, 3.05) is 14.2 Å². The van der Waals surface area contributed by atoms with Crippen LogP contribution in [-0.4, -0.2) is 19.3 Å². The molecule has 0 aliphatic carbocycles. The minimum atomic E-state index is -0.601. The molecule has 19 heavy (non-hydrogen) atoms. The number of aliphatic hydroxyl groups is 1. The molecule has 0 spiro atoms. The molecule has 1 heterocycles. The molecule has 0 fully saturated rings. The van der Waals surface area contributed by atoms with Gasteiger partial charge in [-0.25, -0.2) is 0 Å². The molecule has 1 unspecified atom stereocenters. The molecule has 0 bridgehead atoms. The SMILES string of the molecule is COc1ccc(C(O)Cc2cccs2)c(OC)c1Br. The van der Waals surface area contributed by atoms with Crippen molar-refractivity contribution in [2.24, 2.45) is 0 Å². The Morgan fingerprint density at radius 1 is 1.26 bits per heavy atom. The summed E-state index contributed by atoms with van der Waals surface area (Å²) in [5.74, 6) is 1.30. The first-order valence-corrected chi connectivity index (χ1v) is 7.45. The average molecular weight is 343 g/mol. The molecule has 1 N–H and O–H groups in total. The van der Waals surface area contributed by atoms with Crippen molar-refractivity contribution in [3.63, 3.8) is 0 Å². The van der Waals surface area contributed by atoms with Gasteiger partial charge in [-0.1, -0.05) is 6.07 Å². The zero-order chi connectivity index (χ0) is 13.8. The molecule has 1 atom stereocenters. The van der Waals surface area contributed by atoms with Crippen LogP contribution in [0.1, 0.15) is 16.5 Å². The fraction of sp³-hybridized carbons (Fsp3) is 0.286. The quantitative estimate of drug-likeness (QED) is 0.897. The van der Waals surface area contributed by atoms with Gasteiger partial charge in [0.2, 0.25) is 0 Å². The Balaban J connectivity index is 2.31. The third kappa shape index (κ3) is 3.11. The van der Waals surface area contributed by atoms with Crippen LogP contribution in [0.5, 0.6) is 11.5 Å². The molecule has 2 rings (SSSR count). The van der Waals surface area contributed by atoms with Gasteiger partial charge in [-0.3, -0.25) is 0 Å². The van der Waals surface area contributed by atoms with Crippen molar-refractivity contribution in [3.8, 4) is 11.5 Å². The monoisotopic (exact) mass is 342 g/mol. The second kappa shape index (κ2) is 6.41. The van der Waals surface area contributed by atoms with Crippen molar-refractivity contribution >= 4 is 27.3 Å². The number of ether oxygens (including phenoxy) is 2. The van der Waals surface area contributed by atoms with Crippen LogP contribution in [0.2, 0.25) is 0 Å². The summed E-state index contributed by atoms with van der Waals surface area (Å²) >= 11 is 5.07. The average Bonchev–Trinajstić information content (AvgIpc) is 2.91. The number of hydrogen-bond acceptors (Lipinski definition) is 4. The molecule has 0 saturated heterocycles. The Morgan fingerprint density at radius 3 is 2.63 bits per heavy atom. The summed E-state index contributed by atoms with van der Waals surface area (Å²) < 4.78 is 11.3. The zero-order valence-corrected chi connectivity index (χ0v) is 13.1. The third-order valence-electron chi connectivity index (χ3n) is 2.85. The fourth-order valence-corrected chi connectivity index (χ4v) is 3.34.